The minimum atomic E-state index is -0.650. The van der Waals surface area contributed by atoms with E-state index in [-0.39, 0.29) is 29.5 Å². The Labute approximate surface area is 177 Å². The lowest BCUT2D eigenvalue weighted by Gasteiger charge is -2.25. The Morgan fingerprint density at radius 2 is 1.77 bits per heavy atom. The molecule has 0 N–H and O–H groups in total. The first-order valence-corrected chi connectivity index (χ1v) is 9.82. The van der Waals surface area contributed by atoms with Crippen LogP contribution in [-0.4, -0.2) is 17.9 Å². The van der Waals surface area contributed by atoms with Crippen LogP contribution in [0.3, 0.4) is 0 Å². The minimum Gasteiger partial charge on any atom is -0.497 e. The van der Waals surface area contributed by atoms with Crippen molar-refractivity contribution in [1.29, 1.82) is 0 Å². The Balaban J connectivity index is 1.71. The normalized spacial score (nSPS) is 15.4. The summed E-state index contributed by atoms with van der Waals surface area (Å²) in [5, 5.41) is 0.422. The van der Waals surface area contributed by atoms with Crippen LogP contribution in [0.15, 0.2) is 82.0 Å². The number of benzene rings is 3. The number of amides is 1. The van der Waals surface area contributed by atoms with Crippen molar-refractivity contribution in [2.75, 3.05) is 7.11 Å². The second-order valence-electron chi connectivity index (χ2n) is 7.41. The summed E-state index contributed by atoms with van der Waals surface area (Å²) in [5.41, 5.74) is 1.91. The molecule has 1 aliphatic rings. The van der Waals surface area contributed by atoms with Crippen molar-refractivity contribution in [3.63, 3.8) is 0 Å². The third kappa shape index (κ3) is 3.17. The molecule has 4 aromatic rings. The molecule has 0 saturated heterocycles. The van der Waals surface area contributed by atoms with Crippen molar-refractivity contribution in [1.82, 2.24) is 4.90 Å². The minimum absolute atomic E-state index is 0.0404. The molecule has 5 nitrogen and oxygen atoms in total. The monoisotopic (exact) mass is 415 g/mol. The van der Waals surface area contributed by atoms with Crippen molar-refractivity contribution in [2.24, 2.45) is 0 Å². The summed E-state index contributed by atoms with van der Waals surface area (Å²) < 4.78 is 24.6. The van der Waals surface area contributed by atoms with Crippen LogP contribution in [-0.2, 0) is 6.54 Å². The van der Waals surface area contributed by atoms with Crippen LogP contribution in [0, 0.1) is 5.82 Å². The number of ether oxygens (including phenoxy) is 1. The fourth-order valence-electron chi connectivity index (χ4n) is 4.07. The van der Waals surface area contributed by atoms with Gasteiger partial charge in [-0.2, -0.15) is 0 Å². The van der Waals surface area contributed by atoms with Crippen LogP contribution >= 0.6 is 0 Å². The van der Waals surface area contributed by atoms with Crippen LogP contribution in [0.1, 0.15) is 33.3 Å². The molecule has 5 rings (SSSR count). The second-order valence-corrected chi connectivity index (χ2v) is 7.41. The van der Waals surface area contributed by atoms with E-state index in [0.717, 1.165) is 11.1 Å². The highest BCUT2D eigenvalue weighted by Crippen LogP contribution is 2.39. The molecule has 0 bridgehead atoms. The molecule has 1 amide bonds. The average Bonchev–Trinajstić information content (AvgIpc) is 3.07. The van der Waals surface area contributed by atoms with Gasteiger partial charge in [-0.1, -0.05) is 36.4 Å². The van der Waals surface area contributed by atoms with Gasteiger partial charge in [-0.3, -0.25) is 9.59 Å². The predicted octanol–water partition coefficient (Wildman–Crippen LogP) is 4.69. The number of halogens is 1. The lowest BCUT2D eigenvalue weighted by molar-refractivity contribution is 0.0714. The van der Waals surface area contributed by atoms with Gasteiger partial charge in [0.1, 0.15) is 17.1 Å². The summed E-state index contributed by atoms with van der Waals surface area (Å²) in [6, 6.07) is 19.5. The first-order chi connectivity index (χ1) is 15.1. The lowest BCUT2D eigenvalue weighted by atomic mass is 9.98. The molecule has 154 valence electrons. The number of rotatable bonds is 4. The number of para-hydroxylation sites is 1. The van der Waals surface area contributed by atoms with Gasteiger partial charge in [0.15, 0.2) is 5.43 Å². The Hall–Kier alpha value is -3.93. The predicted molar refractivity (Wildman–Crippen MR) is 114 cm³/mol. The summed E-state index contributed by atoms with van der Waals surface area (Å²) in [4.78, 5) is 28.4. The third-order valence-electron chi connectivity index (χ3n) is 5.55. The van der Waals surface area contributed by atoms with Crippen molar-refractivity contribution >= 4 is 16.9 Å². The van der Waals surface area contributed by atoms with Gasteiger partial charge in [0, 0.05) is 6.54 Å². The van der Waals surface area contributed by atoms with Gasteiger partial charge in [-0.25, -0.2) is 4.39 Å². The van der Waals surface area contributed by atoms with Crippen molar-refractivity contribution in [3.05, 3.63) is 111 Å². The first-order valence-electron chi connectivity index (χ1n) is 9.82. The highest BCUT2D eigenvalue weighted by Gasteiger charge is 2.42. The molecule has 0 aliphatic carbocycles. The Morgan fingerprint density at radius 3 is 2.55 bits per heavy atom. The van der Waals surface area contributed by atoms with Crippen LogP contribution in [0.25, 0.3) is 11.0 Å². The van der Waals surface area contributed by atoms with E-state index in [4.69, 9.17) is 9.15 Å². The van der Waals surface area contributed by atoms with Gasteiger partial charge in [0.05, 0.1) is 24.1 Å². The maximum Gasteiger partial charge on any atom is 0.291 e. The smallest absolute Gasteiger partial charge is 0.291 e. The maximum atomic E-state index is 13.4. The summed E-state index contributed by atoms with van der Waals surface area (Å²) in [7, 11) is 1.56. The zero-order valence-corrected chi connectivity index (χ0v) is 16.7. The molecule has 31 heavy (non-hydrogen) atoms. The third-order valence-corrected chi connectivity index (χ3v) is 5.55. The molecule has 0 saturated carbocycles. The fraction of sp³-hybridized carbons (Fsp3) is 0.120. The van der Waals surface area contributed by atoms with Gasteiger partial charge in [0.2, 0.25) is 5.76 Å². The largest absolute Gasteiger partial charge is 0.497 e. The maximum absolute atomic E-state index is 13.4. The first kappa shape index (κ1) is 19.1. The van der Waals surface area contributed by atoms with Gasteiger partial charge < -0.3 is 14.1 Å². The Kier molecular flexibility index (Phi) is 4.55. The van der Waals surface area contributed by atoms with Crippen LogP contribution in [0.5, 0.6) is 5.75 Å². The number of carbonyl (C=O) groups excluding carboxylic acids is 1. The van der Waals surface area contributed by atoms with E-state index in [2.05, 4.69) is 0 Å². The number of fused-ring (bicyclic) bond motifs is 2. The lowest BCUT2D eigenvalue weighted by Crippen LogP contribution is -2.29. The summed E-state index contributed by atoms with van der Waals surface area (Å²) in [6.45, 7) is 0.195. The highest BCUT2D eigenvalue weighted by molar-refractivity contribution is 5.99. The van der Waals surface area contributed by atoms with E-state index in [9.17, 15) is 14.0 Å². The topological polar surface area (TPSA) is 59.8 Å². The molecule has 0 spiro atoms. The molecule has 1 unspecified atom stereocenters. The molecular weight excluding hydrogens is 397 g/mol. The number of nitrogens with zero attached hydrogens (tertiary/aromatic N) is 1. The quantitative estimate of drug-likeness (QED) is 0.485. The van der Waals surface area contributed by atoms with E-state index >= 15 is 0 Å². The molecule has 1 aromatic heterocycles. The zero-order chi connectivity index (χ0) is 21.5. The van der Waals surface area contributed by atoms with Gasteiger partial charge >= 0.3 is 0 Å². The standard InChI is InChI=1S/C25H18FNO4/c1-30-18-6-4-5-16(13-18)22-21-23(28)19-7-2-3-8-20(19)31-24(21)25(29)27(22)14-15-9-11-17(26)12-10-15/h2-13,22H,14H2,1H3. The van der Waals surface area contributed by atoms with Crippen LogP contribution in [0.2, 0.25) is 0 Å². The molecule has 3 aromatic carbocycles. The number of hydrogen-bond acceptors (Lipinski definition) is 4. The van der Waals surface area contributed by atoms with Crippen molar-refractivity contribution in [2.45, 2.75) is 12.6 Å². The fourth-order valence-corrected chi connectivity index (χ4v) is 4.07. The van der Waals surface area contributed by atoms with Crippen molar-refractivity contribution in [3.8, 4) is 5.75 Å². The summed E-state index contributed by atoms with van der Waals surface area (Å²) >= 11 is 0. The molecule has 0 radical (unpaired) electrons. The van der Waals surface area contributed by atoms with E-state index in [1.165, 1.54) is 12.1 Å². The highest BCUT2D eigenvalue weighted by atomic mass is 19.1. The van der Waals surface area contributed by atoms with Crippen molar-refractivity contribution < 1.29 is 18.3 Å². The zero-order valence-electron chi connectivity index (χ0n) is 16.7. The number of carbonyl (C=O) groups is 1. The van der Waals surface area contributed by atoms with E-state index in [1.807, 2.05) is 12.1 Å². The van der Waals surface area contributed by atoms with E-state index in [1.54, 1.807) is 60.5 Å². The van der Waals surface area contributed by atoms with Crippen LogP contribution < -0.4 is 10.2 Å². The Bertz CT molecular complexity index is 1360. The molecule has 2 heterocycles. The van der Waals surface area contributed by atoms with Gasteiger partial charge in [-0.15, -0.1) is 0 Å². The average molecular weight is 415 g/mol. The summed E-state index contributed by atoms with van der Waals surface area (Å²) in [6.07, 6.45) is 0. The van der Waals surface area contributed by atoms with Gasteiger partial charge in [-0.05, 0) is 47.5 Å². The number of hydrogen-bond donors (Lipinski definition) is 0. The second kappa shape index (κ2) is 7.40. The molecule has 1 aliphatic heterocycles. The van der Waals surface area contributed by atoms with Gasteiger partial charge in [0.25, 0.3) is 5.91 Å². The Morgan fingerprint density at radius 1 is 1.00 bits per heavy atom. The number of methoxy groups -OCH3 is 1. The molecule has 1 atom stereocenters. The van der Waals surface area contributed by atoms with E-state index < -0.39 is 6.04 Å². The summed E-state index contributed by atoms with van der Waals surface area (Å²) in [5.74, 6) is -0.0776. The van der Waals surface area contributed by atoms with Crippen LogP contribution in [0.4, 0.5) is 4.39 Å². The SMILES string of the molecule is COc1cccc(C2c3c(oc4ccccc4c3=O)C(=O)N2Cc2ccc(F)cc2)c1. The van der Waals surface area contributed by atoms with E-state index in [0.29, 0.717) is 22.3 Å². The molecule has 0 fully saturated rings. The molecule has 6 heteroatoms. The molecular formula is C25H18FNO4.